The minimum atomic E-state index is 0.165. The number of carbonyl (C=O) groups excluding carboxylic acids is 1. The van der Waals surface area contributed by atoms with Gasteiger partial charge in [0, 0.05) is 55.7 Å². The van der Waals surface area contributed by atoms with Crippen molar-refractivity contribution in [2.24, 2.45) is 5.92 Å². The largest absolute Gasteiger partial charge is 0.337 e. The van der Waals surface area contributed by atoms with E-state index in [9.17, 15) is 4.79 Å². The zero-order valence-electron chi connectivity index (χ0n) is 15.8. The molecule has 0 saturated carbocycles. The lowest BCUT2D eigenvalue weighted by atomic mass is 9.95. The molecule has 2 atom stereocenters. The Morgan fingerprint density at radius 1 is 1.11 bits per heavy atom. The highest BCUT2D eigenvalue weighted by Crippen LogP contribution is 2.30. The number of thioether (sulfide) groups is 1. The Labute approximate surface area is 165 Å². The van der Waals surface area contributed by atoms with Crippen molar-refractivity contribution in [3.63, 3.8) is 0 Å². The van der Waals surface area contributed by atoms with Crippen molar-refractivity contribution in [2.75, 3.05) is 25.4 Å². The molecule has 0 unspecified atom stereocenters. The Hall–Kier alpha value is -1.92. The van der Waals surface area contributed by atoms with Gasteiger partial charge in [-0.3, -0.25) is 9.69 Å². The van der Waals surface area contributed by atoms with Crippen LogP contribution in [0.3, 0.4) is 0 Å². The number of piperidine rings is 1. The number of hydrogen-bond acceptors (Lipinski definition) is 5. The monoisotopic (exact) mass is 382 g/mol. The van der Waals surface area contributed by atoms with Gasteiger partial charge < -0.3 is 4.90 Å². The van der Waals surface area contributed by atoms with Gasteiger partial charge in [-0.1, -0.05) is 36.9 Å². The molecule has 0 radical (unpaired) electrons. The summed E-state index contributed by atoms with van der Waals surface area (Å²) in [4.78, 5) is 26.4. The molecule has 5 nitrogen and oxygen atoms in total. The fraction of sp³-hybridized carbons (Fsp3) is 0.476. The molecule has 5 rings (SSSR count). The molecule has 4 heterocycles. The standard InChI is InChI=1S/C21H26N4OS/c1-2-27-21-22-10-17(11-23-21)14-24-12-16-8-9-19(24)15-25(13-16)20(26)18-6-4-3-5-7-18/h3-7,10-11,16,19H,2,8-9,12-15H2,1H3/t16-,19-/m1/s1. The highest BCUT2D eigenvalue weighted by atomic mass is 32.2. The Kier molecular flexibility index (Phi) is 5.74. The third-order valence-corrected chi connectivity index (χ3v) is 6.23. The first-order valence-corrected chi connectivity index (χ1v) is 10.7. The number of hydrogen-bond donors (Lipinski definition) is 0. The lowest BCUT2D eigenvalue weighted by Gasteiger charge is -2.35. The van der Waals surface area contributed by atoms with Crippen LogP contribution in [0, 0.1) is 5.92 Å². The van der Waals surface area contributed by atoms with Crippen molar-refractivity contribution in [2.45, 2.75) is 37.5 Å². The summed E-state index contributed by atoms with van der Waals surface area (Å²) in [6.45, 7) is 5.71. The van der Waals surface area contributed by atoms with E-state index in [1.165, 1.54) is 6.42 Å². The van der Waals surface area contributed by atoms with E-state index in [0.29, 0.717) is 12.0 Å². The number of rotatable bonds is 5. The van der Waals surface area contributed by atoms with Gasteiger partial charge in [-0.25, -0.2) is 9.97 Å². The fourth-order valence-electron chi connectivity index (χ4n) is 4.16. The van der Waals surface area contributed by atoms with Crippen molar-refractivity contribution in [3.05, 3.63) is 53.9 Å². The number of fused-ring (bicyclic) bond motifs is 4. The molecule has 3 fully saturated rings. The minimum Gasteiger partial charge on any atom is -0.337 e. The highest BCUT2D eigenvalue weighted by Gasteiger charge is 2.36. The third-order valence-electron chi connectivity index (χ3n) is 5.48. The second-order valence-corrected chi connectivity index (χ2v) is 8.64. The molecule has 0 spiro atoms. The Bertz CT molecular complexity index is 768. The van der Waals surface area contributed by atoms with Crippen LogP contribution in [0.4, 0.5) is 0 Å². The van der Waals surface area contributed by atoms with Crippen molar-refractivity contribution >= 4 is 17.7 Å². The molecule has 3 aliphatic rings. The second kappa shape index (κ2) is 8.40. The number of benzene rings is 1. The van der Waals surface area contributed by atoms with E-state index >= 15 is 0 Å². The molecule has 1 amide bonds. The van der Waals surface area contributed by atoms with Crippen LogP contribution in [0.25, 0.3) is 0 Å². The minimum absolute atomic E-state index is 0.165. The molecule has 0 N–H and O–H groups in total. The lowest BCUT2D eigenvalue weighted by Crippen LogP contribution is -2.44. The second-order valence-electron chi connectivity index (χ2n) is 7.41. The molecular weight excluding hydrogens is 356 g/mol. The summed E-state index contributed by atoms with van der Waals surface area (Å²) in [5, 5.41) is 0.846. The van der Waals surface area contributed by atoms with Crippen LogP contribution in [0.1, 0.15) is 35.7 Å². The fourth-order valence-corrected chi connectivity index (χ4v) is 4.68. The first-order valence-electron chi connectivity index (χ1n) is 9.75. The molecule has 3 aliphatic heterocycles. The van der Waals surface area contributed by atoms with E-state index in [4.69, 9.17) is 0 Å². The van der Waals surface area contributed by atoms with Gasteiger partial charge in [-0.05, 0) is 36.6 Å². The average molecular weight is 383 g/mol. The van der Waals surface area contributed by atoms with Gasteiger partial charge >= 0.3 is 0 Å². The maximum absolute atomic E-state index is 12.9. The summed E-state index contributed by atoms with van der Waals surface area (Å²) < 4.78 is 0. The van der Waals surface area contributed by atoms with Crippen LogP contribution in [-0.2, 0) is 6.54 Å². The van der Waals surface area contributed by atoms with Crippen LogP contribution < -0.4 is 0 Å². The Morgan fingerprint density at radius 2 is 1.89 bits per heavy atom. The summed E-state index contributed by atoms with van der Waals surface area (Å²) in [6.07, 6.45) is 6.28. The number of amides is 1. The average Bonchev–Trinajstić information content (AvgIpc) is 3.02. The molecule has 2 aromatic rings. The van der Waals surface area contributed by atoms with Crippen LogP contribution >= 0.6 is 11.8 Å². The maximum Gasteiger partial charge on any atom is 0.253 e. The quantitative estimate of drug-likeness (QED) is 0.586. The van der Waals surface area contributed by atoms with Crippen molar-refractivity contribution in [3.8, 4) is 0 Å². The smallest absolute Gasteiger partial charge is 0.253 e. The van der Waals surface area contributed by atoms with E-state index in [1.54, 1.807) is 11.8 Å². The summed E-state index contributed by atoms with van der Waals surface area (Å²) in [5.74, 6) is 1.70. The normalized spacial score (nSPS) is 22.6. The van der Waals surface area contributed by atoms with E-state index in [-0.39, 0.29) is 5.91 Å². The van der Waals surface area contributed by atoms with Gasteiger partial charge in [0.1, 0.15) is 0 Å². The molecule has 0 aliphatic carbocycles. The number of nitrogens with zero attached hydrogens (tertiary/aromatic N) is 4. The Balaban J connectivity index is 1.44. The summed E-state index contributed by atoms with van der Waals surface area (Å²) in [6, 6.07) is 10.1. The van der Waals surface area contributed by atoms with Crippen LogP contribution in [-0.4, -0.2) is 57.1 Å². The number of aromatic nitrogens is 2. The molecule has 142 valence electrons. The molecule has 1 aromatic carbocycles. The van der Waals surface area contributed by atoms with Crippen LogP contribution in [0.15, 0.2) is 47.9 Å². The first-order chi connectivity index (χ1) is 13.2. The van der Waals surface area contributed by atoms with E-state index in [0.717, 1.165) is 54.6 Å². The predicted molar refractivity (Wildman–Crippen MR) is 108 cm³/mol. The summed E-state index contributed by atoms with van der Waals surface area (Å²) in [5.41, 5.74) is 1.95. The number of carbonyl (C=O) groups is 1. The predicted octanol–water partition coefficient (Wildman–Crippen LogP) is 3.33. The molecule has 27 heavy (non-hydrogen) atoms. The van der Waals surface area contributed by atoms with Gasteiger partial charge in [0.25, 0.3) is 5.91 Å². The zero-order chi connectivity index (χ0) is 18.6. The SMILES string of the molecule is CCSc1ncc(CN2C[C@H]3CC[C@@H]2CN(C(=O)c2ccccc2)C3)cn1. The van der Waals surface area contributed by atoms with Gasteiger partial charge in [-0.2, -0.15) is 0 Å². The summed E-state index contributed by atoms with van der Waals surface area (Å²) in [7, 11) is 0. The maximum atomic E-state index is 12.9. The van der Waals surface area contributed by atoms with Gasteiger partial charge in [0.15, 0.2) is 5.16 Å². The molecule has 6 heteroatoms. The first kappa shape index (κ1) is 18.4. The third kappa shape index (κ3) is 4.33. The van der Waals surface area contributed by atoms with Gasteiger partial charge in [0.2, 0.25) is 0 Å². The van der Waals surface area contributed by atoms with Crippen molar-refractivity contribution in [1.29, 1.82) is 0 Å². The van der Waals surface area contributed by atoms with E-state index in [2.05, 4.69) is 26.7 Å². The van der Waals surface area contributed by atoms with Crippen molar-refractivity contribution < 1.29 is 4.79 Å². The van der Waals surface area contributed by atoms with Gasteiger partial charge in [-0.15, -0.1) is 0 Å². The Morgan fingerprint density at radius 3 is 2.63 bits per heavy atom. The molecule has 1 aromatic heterocycles. The van der Waals surface area contributed by atoms with Crippen LogP contribution in [0.2, 0.25) is 0 Å². The molecule has 2 bridgehead atoms. The molecular formula is C21H26N4OS. The summed E-state index contributed by atoms with van der Waals surface area (Å²) >= 11 is 1.67. The topological polar surface area (TPSA) is 49.3 Å². The van der Waals surface area contributed by atoms with Crippen molar-refractivity contribution in [1.82, 2.24) is 19.8 Å². The van der Waals surface area contributed by atoms with Gasteiger partial charge in [0.05, 0.1) is 0 Å². The lowest BCUT2D eigenvalue weighted by molar-refractivity contribution is 0.0736. The molecule has 3 saturated heterocycles. The van der Waals surface area contributed by atoms with E-state index in [1.807, 2.05) is 42.7 Å². The van der Waals surface area contributed by atoms with E-state index < -0.39 is 0 Å². The highest BCUT2D eigenvalue weighted by molar-refractivity contribution is 7.99. The zero-order valence-corrected chi connectivity index (χ0v) is 16.6. The van der Waals surface area contributed by atoms with Crippen LogP contribution in [0.5, 0.6) is 0 Å².